The fourth-order valence-corrected chi connectivity index (χ4v) is 7.24. The lowest BCUT2D eigenvalue weighted by Crippen LogP contribution is -2.34. The lowest BCUT2D eigenvalue weighted by Gasteiger charge is -2.13. The first-order chi connectivity index (χ1) is 22.6. The number of ketones is 2. The molecule has 4 rings (SSSR count). The molecule has 0 spiro atoms. The number of rotatable bonds is 17. The Kier molecular flexibility index (Phi) is 11.6. The maximum absolute atomic E-state index is 15.6. The number of hydrogen-bond donors (Lipinski definition) is 2. The van der Waals surface area contributed by atoms with E-state index in [-0.39, 0.29) is 53.6 Å². The van der Waals surface area contributed by atoms with Crippen molar-refractivity contribution < 1.29 is 56.0 Å². The highest BCUT2D eigenvalue weighted by Crippen LogP contribution is 2.41. The van der Waals surface area contributed by atoms with Crippen LogP contribution in [0, 0.1) is 17.7 Å². The van der Waals surface area contributed by atoms with E-state index >= 15 is 4.39 Å². The Morgan fingerprint density at radius 3 is 2.04 bits per heavy atom. The smallest absolute Gasteiger partial charge is 0.306 e. The molecule has 0 bridgehead atoms. The molecule has 4 aromatic rings. The molecular weight excluding hydrogens is 690 g/mol. The monoisotopic (exact) mass is 723 g/mol. The van der Waals surface area contributed by atoms with Crippen LogP contribution in [0.1, 0.15) is 52.5 Å². The summed E-state index contributed by atoms with van der Waals surface area (Å²) in [7, 11) is -0.934. The van der Waals surface area contributed by atoms with Crippen LogP contribution in [0.3, 0.4) is 0 Å². The Bertz CT molecular complexity index is 1980. The van der Waals surface area contributed by atoms with Gasteiger partial charge in [-0.3, -0.25) is 23.9 Å². The van der Waals surface area contributed by atoms with Crippen LogP contribution in [0.5, 0.6) is 23.0 Å². The molecule has 258 valence electrons. The number of hydrogen-bond acceptors (Lipinski definition) is 12. The van der Waals surface area contributed by atoms with Crippen LogP contribution in [-0.2, 0) is 19.6 Å². The molecule has 0 aliphatic heterocycles. The largest absolute Gasteiger partial charge is 0.493 e. The standard InChI is InChI=1S/C32H34FNO11S3/c1-16(31(37)34-48(5,40)41)9-20(35)28-13-19-26(47-28)15-24(43-4)30(29(19)33)45-8-6-7-44-23-11-18-12-27(21(36)10-17(2)32(38)39)46-25(18)14-22(23)42-3/h11-17H,6-10H2,1-5H3,(H,34,37)(H,38,39). The summed E-state index contributed by atoms with van der Waals surface area (Å²) in [5.74, 6) is -4.17. The molecule has 2 N–H and O–H groups in total. The van der Waals surface area contributed by atoms with Crippen molar-refractivity contribution in [2.24, 2.45) is 11.8 Å². The summed E-state index contributed by atoms with van der Waals surface area (Å²) < 4.78 is 63.8. The summed E-state index contributed by atoms with van der Waals surface area (Å²) in [6, 6.07) is 8.08. The van der Waals surface area contributed by atoms with Gasteiger partial charge < -0.3 is 24.1 Å². The number of nitrogens with one attached hydrogen (secondary N) is 1. The van der Waals surface area contributed by atoms with Gasteiger partial charge in [-0.2, -0.15) is 0 Å². The molecule has 16 heteroatoms. The second-order valence-corrected chi connectivity index (χ2v) is 15.0. The van der Waals surface area contributed by atoms with E-state index in [1.807, 2.05) is 4.72 Å². The van der Waals surface area contributed by atoms with Gasteiger partial charge in [-0.25, -0.2) is 12.8 Å². The van der Waals surface area contributed by atoms with E-state index in [1.54, 1.807) is 24.3 Å². The molecule has 2 aromatic carbocycles. The van der Waals surface area contributed by atoms with Crippen molar-refractivity contribution in [3.63, 3.8) is 0 Å². The Morgan fingerprint density at radius 2 is 1.42 bits per heavy atom. The minimum atomic E-state index is -3.77. The molecule has 0 saturated heterocycles. The average Bonchev–Trinajstić information content (AvgIpc) is 3.64. The number of fused-ring (bicyclic) bond motifs is 2. The van der Waals surface area contributed by atoms with Crippen LogP contribution in [0.15, 0.2) is 30.3 Å². The highest BCUT2D eigenvalue weighted by molar-refractivity contribution is 7.89. The SMILES string of the molecule is COc1cc2sc(C(=O)CC(C)C(=O)O)cc2cc1OCCCOc1c(OC)cc2sc(C(=O)CC(C)C(=O)NS(C)(=O)=O)cc2c1F. The molecule has 48 heavy (non-hydrogen) atoms. The number of amides is 1. The van der Waals surface area contributed by atoms with Crippen LogP contribution in [0.2, 0.25) is 0 Å². The molecule has 2 atom stereocenters. The molecule has 2 heterocycles. The van der Waals surface area contributed by atoms with Crippen molar-refractivity contribution >= 4 is 76.3 Å². The number of methoxy groups -OCH3 is 2. The number of carbonyl (C=O) groups is 4. The van der Waals surface area contributed by atoms with E-state index in [4.69, 9.17) is 24.1 Å². The van der Waals surface area contributed by atoms with E-state index in [2.05, 4.69) is 0 Å². The predicted octanol–water partition coefficient (Wildman–Crippen LogP) is 5.70. The summed E-state index contributed by atoms with van der Waals surface area (Å²) in [5, 5.41) is 9.99. The fraction of sp³-hybridized carbons (Fsp3) is 0.375. The molecule has 2 aromatic heterocycles. The highest BCUT2D eigenvalue weighted by Gasteiger charge is 2.24. The van der Waals surface area contributed by atoms with Gasteiger partial charge in [-0.15, -0.1) is 22.7 Å². The summed E-state index contributed by atoms with van der Waals surface area (Å²) >= 11 is 2.26. The van der Waals surface area contributed by atoms with E-state index in [0.29, 0.717) is 27.5 Å². The molecule has 1 amide bonds. The third-order valence-electron chi connectivity index (χ3n) is 7.19. The first kappa shape index (κ1) is 36.6. The van der Waals surface area contributed by atoms with Gasteiger partial charge in [0.15, 0.2) is 40.4 Å². The fourth-order valence-electron chi connectivity index (χ4n) is 4.62. The first-order valence-corrected chi connectivity index (χ1v) is 18.1. The molecular formula is C32H34FNO11S3. The van der Waals surface area contributed by atoms with E-state index in [1.165, 1.54) is 45.5 Å². The van der Waals surface area contributed by atoms with Gasteiger partial charge in [0, 0.05) is 52.1 Å². The maximum Gasteiger partial charge on any atom is 0.306 e. The number of carboxylic acids is 1. The van der Waals surface area contributed by atoms with Crippen molar-refractivity contribution in [2.45, 2.75) is 33.1 Å². The number of carboxylic acid groups (broad SMARTS) is 1. The number of benzene rings is 2. The molecule has 0 aliphatic carbocycles. The van der Waals surface area contributed by atoms with Gasteiger partial charge in [0.2, 0.25) is 15.9 Å². The zero-order valence-corrected chi connectivity index (χ0v) is 29.2. The Morgan fingerprint density at radius 1 is 0.833 bits per heavy atom. The minimum Gasteiger partial charge on any atom is -0.493 e. The van der Waals surface area contributed by atoms with Crippen LogP contribution in [0.4, 0.5) is 4.39 Å². The second kappa shape index (κ2) is 15.3. The molecule has 2 unspecified atom stereocenters. The second-order valence-electron chi connectivity index (χ2n) is 11.1. The Balaban J connectivity index is 1.40. The normalized spacial score (nSPS) is 12.8. The number of halogens is 1. The average molecular weight is 724 g/mol. The molecule has 12 nitrogen and oxygen atoms in total. The van der Waals surface area contributed by atoms with Crippen molar-refractivity contribution in [1.29, 1.82) is 0 Å². The zero-order valence-electron chi connectivity index (χ0n) is 26.7. The van der Waals surface area contributed by atoms with Crippen molar-refractivity contribution in [3.05, 3.63) is 45.9 Å². The maximum atomic E-state index is 15.6. The number of ether oxygens (including phenoxy) is 4. The van der Waals surface area contributed by atoms with Crippen LogP contribution in [-0.4, -0.2) is 70.7 Å². The van der Waals surface area contributed by atoms with Crippen molar-refractivity contribution in [3.8, 4) is 23.0 Å². The molecule has 0 fully saturated rings. The van der Waals surface area contributed by atoms with Gasteiger partial charge >= 0.3 is 5.97 Å². The van der Waals surface area contributed by atoms with Crippen molar-refractivity contribution in [1.82, 2.24) is 4.72 Å². The number of sulfonamides is 1. The number of thiophene rings is 2. The van der Waals surface area contributed by atoms with Crippen molar-refractivity contribution in [2.75, 3.05) is 33.7 Å². The number of carbonyl (C=O) groups excluding carboxylic acids is 3. The minimum absolute atomic E-state index is 0.0467. The molecule has 0 aliphatic rings. The van der Waals surface area contributed by atoms with Gasteiger partial charge in [-0.1, -0.05) is 13.8 Å². The molecule has 0 saturated carbocycles. The highest BCUT2D eigenvalue weighted by atomic mass is 32.2. The summed E-state index contributed by atoms with van der Waals surface area (Å²) in [6.45, 7) is 3.12. The van der Waals surface area contributed by atoms with Gasteiger partial charge in [0.25, 0.3) is 0 Å². The number of aliphatic carboxylic acids is 1. The summed E-state index contributed by atoms with van der Waals surface area (Å²) in [5.41, 5.74) is 0. The van der Waals surface area contributed by atoms with E-state index in [0.717, 1.165) is 27.7 Å². The Labute approximate surface area is 283 Å². The van der Waals surface area contributed by atoms with E-state index < -0.39 is 45.3 Å². The number of Topliss-reactive ketones (excluding diaryl/α,β-unsaturated/α-hetero) is 2. The predicted molar refractivity (Wildman–Crippen MR) is 179 cm³/mol. The van der Waals surface area contributed by atoms with Gasteiger partial charge in [-0.05, 0) is 23.6 Å². The van der Waals surface area contributed by atoms with E-state index in [9.17, 15) is 27.6 Å². The van der Waals surface area contributed by atoms with Crippen LogP contribution >= 0.6 is 22.7 Å². The van der Waals surface area contributed by atoms with Gasteiger partial charge in [0.1, 0.15) is 0 Å². The Hall–Kier alpha value is -4.28. The quantitative estimate of drug-likeness (QED) is 0.101. The van der Waals surface area contributed by atoms with Crippen LogP contribution in [0.25, 0.3) is 20.2 Å². The zero-order chi connectivity index (χ0) is 35.3. The third kappa shape index (κ3) is 8.79. The first-order valence-electron chi connectivity index (χ1n) is 14.6. The summed E-state index contributed by atoms with van der Waals surface area (Å²) in [4.78, 5) is 49.3. The summed E-state index contributed by atoms with van der Waals surface area (Å²) in [6.07, 6.45) is 0.795. The van der Waals surface area contributed by atoms with Crippen LogP contribution < -0.4 is 23.7 Å². The van der Waals surface area contributed by atoms with Gasteiger partial charge in [0.05, 0.1) is 49.4 Å². The lowest BCUT2D eigenvalue weighted by atomic mass is 10.0. The third-order valence-corrected chi connectivity index (χ3v) is 10.0. The molecule has 0 radical (unpaired) electrons. The lowest BCUT2D eigenvalue weighted by molar-refractivity contribution is -0.141. The topological polar surface area (TPSA) is 172 Å².